The number of methoxy groups -OCH3 is 2. The third-order valence-corrected chi connectivity index (χ3v) is 2.08. The lowest BCUT2D eigenvalue weighted by atomic mass is 10.1. The van der Waals surface area contributed by atoms with Crippen LogP contribution in [0.15, 0.2) is 0 Å². The van der Waals surface area contributed by atoms with E-state index in [2.05, 4.69) is 6.92 Å². The van der Waals surface area contributed by atoms with Crippen LogP contribution in [0.4, 0.5) is 0 Å². The minimum Gasteiger partial charge on any atom is -0.352 e. The van der Waals surface area contributed by atoms with E-state index < -0.39 is 5.79 Å². The molecule has 0 heterocycles. The first-order chi connectivity index (χ1) is 5.10. The third-order valence-electron chi connectivity index (χ3n) is 2.08. The second-order valence-electron chi connectivity index (χ2n) is 2.82. The van der Waals surface area contributed by atoms with Gasteiger partial charge in [-0.05, 0) is 13.3 Å². The van der Waals surface area contributed by atoms with Gasteiger partial charge in [0.1, 0.15) is 0 Å². The molecule has 3 heteroatoms. The summed E-state index contributed by atoms with van der Waals surface area (Å²) >= 11 is 0. The molecule has 0 spiro atoms. The number of ether oxygens (including phenoxy) is 2. The Hall–Kier alpha value is -0.120. The van der Waals surface area contributed by atoms with Crippen molar-refractivity contribution in [2.24, 2.45) is 5.73 Å². The van der Waals surface area contributed by atoms with Crippen LogP contribution in [-0.4, -0.2) is 26.0 Å². The van der Waals surface area contributed by atoms with Crippen LogP contribution in [0.1, 0.15) is 26.7 Å². The Kier molecular flexibility index (Phi) is 4.65. The number of hydrogen-bond donors (Lipinski definition) is 1. The SMILES string of the molecule is CCCC(N)C(C)(OC)OC. The second-order valence-corrected chi connectivity index (χ2v) is 2.82. The van der Waals surface area contributed by atoms with Crippen molar-refractivity contribution in [2.45, 2.75) is 38.5 Å². The Bertz CT molecular complexity index is 102. The first-order valence-corrected chi connectivity index (χ1v) is 3.96. The van der Waals surface area contributed by atoms with Gasteiger partial charge in [-0.15, -0.1) is 0 Å². The van der Waals surface area contributed by atoms with E-state index in [9.17, 15) is 0 Å². The maximum Gasteiger partial charge on any atom is 0.179 e. The standard InChI is InChI=1S/C8H19NO2/c1-5-6-7(9)8(2,10-3)11-4/h7H,5-6,9H2,1-4H3. The van der Waals surface area contributed by atoms with Gasteiger partial charge >= 0.3 is 0 Å². The molecule has 0 bridgehead atoms. The van der Waals surface area contributed by atoms with Crippen LogP contribution in [0.25, 0.3) is 0 Å². The van der Waals surface area contributed by atoms with Gasteiger partial charge in [0.15, 0.2) is 5.79 Å². The van der Waals surface area contributed by atoms with Crippen molar-refractivity contribution < 1.29 is 9.47 Å². The van der Waals surface area contributed by atoms with E-state index in [4.69, 9.17) is 15.2 Å². The van der Waals surface area contributed by atoms with Crippen LogP contribution >= 0.6 is 0 Å². The lowest BCUT2D eigenvalue weighted by molar-refractivity contribution is -0.207. The fourth-order valence-electron chi connectivity index (χ4n) is 0.959. The van der Waals surface area contributed by atoms with Gasteiger partial charge in [-0.25, -0.2) is 0 Å². The first-order valence-electron chi connectivity index (χ1n) is 3.96. The highest BCUT2D eigenvalue weighted by Gasteiger charge is 2.30. The predicted octanol–water partition coefficient (Wildman–Crippen LogP) is 1.12. The second kappa shape index (κ2) is 4.70. The zero-order chi connectivity index (χ0) is 8.91. The van der Waals surface area contributed by atoms with Gasteiger partial charge in [0.25, 0.3) is 0 Å². The normalized spacial score (nSPS) is 15.0. The fraction of sp³-hybridized carbons (Fsp3) is 1.00. The zero-order valence-corrected chi connectivity index (χ0v) is 7.89. The van der Waals surface area contributed by atoms with E-state index in [1.165, 1.54) is 0 Å². The van der Waals surface area contributed by atoms with Crippen molar-refractivity contribution in [3.63, 3.8) is 0 Å². The highest BCUT2D eigenvalue weighted by Crippen LogP contribution is 2.17. The molecule has 0 aromatic heterocycles. The summed E-state index contributed by atoms with van der Waals surface area (Å²) in [6.45, 7) is 3.94. The Balaban J connectivity index is 4.00. The van der Waals surface area contributed by atoms with Crippen molar-refractivity contribution in [1.82, 2.24) is 0 Å². The summed E-state index contributed by atoms with van der Waals surface area (Å²) < 4.78 is 10.3. The van der Waals surface area contributed by atoms with Gasteiger partial charge in [-0.1, -0.05) is 13.3 Å². The van der Waals surface area contributed by atoms with E-state index in [0.717, 1.165) is 12.8 Å². The highest BCUT2D eigenvalue weighted by molar-refractivity contribution is 4.77. The largest absolute Gasteiger partial charge is 0.352 e. The quantitative estimate of drug-likeness (QED) is 0.614. The fourth-order valence-corrected chi connectivity index (χ4v) is 0.959. The van der Waals surface area contributed by atoms with Crippen LogP contribution in [0.2, 0.25) is 0 Å². The Morgan fingerprint density at radius 2 is 1.82 bits per heavy atom. The smallest absolute Gasteiger partial charge is 0.179 e. The first kappa shape index (κ1) is 10.9. The van der Waals surface area contributed by atoms with Crippen molar-refractivity contribution in [3.8, 4) is 0 Å². The lowest BCUT2D eigenvalue weighted by Crippen LogP contribution is -2.48. The van der Waals surface area contributed by atoms with E-state index in [0.29, 0.717) is 0 Å². The summed E-state index contributed by atoms with van der Waals surface area (Å²) in [5.41, 5.74) is 5.83. The summed E-state index contributed by atoms with van der Waals surface area (Å²) in [6.07, 6.45) is 1.96. The van der Waals surface area contributed by atoms with Gasteiger partial charge in [-0.3, -0.25) is 0 Å². The number of rotatable bonds is 5. The molecule has 0 aliphatic heterocycles. The summed E-state index contributed by atoms with van der Waals surface area (Å²) in [5, 5.41) is 0. The summed E-state index contributed by atoms with van der Waals surface area (Å²) in [5.74, 6) is -0.629. The molecule has 0 saturated heterocycles. The van der Waals surface area contributed by atoms with Crippen molar-refractivity contribution in [1.29, 1.82) is 0 Å². The number of nitrogens with two attached hydrogens (primary N) is 1. The van der Waals surface area contributed by atoms with Crippen molar-refractivity contribution in [3.05, 3.63) is 0 Å². The molecular weight excluding hydrogens is 142 g/mol. The van der Waals surface area contributed by atoms with E-state index >= 15 is 0 Å². The molecule has 1 unspecified atom stereocenters. The number of hydrogen-bond acceptors (Lipinski definition) is 3. The summed E-state index contributed by atoms with van der Waals surface area (Å²) in [7, 11) is 3.22. The average Bonchev–Trinajstić information content (AvgIpc) is 2.03. The van der Waals surface area contributed by atoms with E-state index in [1.54, 1.807) is 14.2 Å². The highest BCUT2D eigenvalue weighted by atomic mass is 16.7. The summed E-state index contributed by atoms with van der Waals surface area (Å²) in [6, 6.07) is -0.0532. The van der Waals surface area contributed by atoms with Gasteiger partial charge < -0.3 is 15.2 Å². The minimum atomic E-state index is -0.629. The Morgan fingerprint density at radius 3 is 2.09 bits per heavy atom. The van der Waals surface area contributed by atoms with Crippen molar-refractivity contribution in [2.75, 3.05) is 14.2 Å². The van der Waals surface area contributed by atoms with Crippen LogP contribution in [0.3, 0.4) is 0 Å². The van der Waals surface area contributed by atoms with E-state index in [1.807, 2.05) is 6.92 Å². The molecule has 0 radical (unpaired) electrons. The van der Waals surface area contributed by atoms with Crippen molar-refractivity contribution >= 4 is 0 Å². The van der Waals surface area contributed by atoms with Gasteiger partial charge in [0, 0.05) is 14.2 Å². The van der Waals surface area contributed by atoms with Gasteiger partial charge in [-0.2, -0.15) is 0 Å². The zero-order valence-electron chi connectivity index (χ0n) is 7.89. The molecule has 0 aromatic rings. The van der Waals surface area contributed by atoms with E-state index in [-0.39, 0.29) is 6.04 Å². The molecule has 2 N–H and O–H groups in total. The topological polar surface area (TPSA) is 44.5 Å². The van der Waals surface area contributed by atoms with Crippen LogP contribution in [0.5, 0.6) is 0 Å². The minimum absolute atomic E-state index is 0.0532. The van der Waals surface area contributed by atoms with Gasteiger partial charge in [0.05, 0.1) is 6.04 Å². The molecule has 0 aliphatic rings. The molecular formula is C8H19NO2. The molecule has 0 saturated carbocycles. The predicted molar refractivity (Wildman–Crippen MR) is 45.3 cm³/mol. The molecule has 0 fully saturated rings. The maximum absolute atomic E-state index is 5.83. The molecule has 11 heavy (non-hydrogen) atoms. The summed E-state index contributed by atoms with van der Waals surface area (Å²) in [4.78, 5) is 0. The molecule has 68 valence electrons. The molecule has 3 nitrogen and oxygen atoms in total. The molecule has 0 aliphatic carbocycles. The van der Waals surface area contributed by atoms with Crippen LogP contribution in [0, 0.1) is 0 Å². The molecule has 0 aromatic carbocycles. The Morgan fingerprint density at radius 1 is 1.36 bits per heavy atom. The average molecular weight is 161 g/mol. The third kappa shape index (κ3) is 2.77. The lowest BCUT2D eigenvalue weighted by Gasteiger charge is -2.32. The van der Waals surface area contributed by atoms with Crippen LogP contribution in [-0.2, 0) is 9.47 Å². The van der Waals surface area contributed by atoms with Gasteiger partial charge in [0.2, 0.25) is 0 Å². The monoisotopic (exact) mass is 161 g/mol. The Labute approximate surface area is 68.9 Å². The molecule has 0 amide bonds. The van der Waals surface area contributed by atoms with Crippen LogP contribution < -0.4 is 5.73 Å². The maximum atomic E-state index is 5.83. The molecule has 1 atom stereocenters. The molecule has 0 rings (SSSR count).